The van der Waals surface area contributed by atoms with Gasteiger partial charge in [0.1, 0.15) is 0 Å². The van der Waals surface area contributed by atoms with Crippen LogP contribution < -0.4 is 0 Å². The average molecular weight is 390 g/mol. The second-order valence-electron chi connectivity index (χ2n) is 7.69. The third kappa shape index (κ3) is 3.82. The van der Waals surface area contributed by atoms with Crippen molar-refractivity contribution in [3.05, 3.63) is 87.6 Å². The Morgan fingerprint density at radius 1 is 1.28 bits per heavy atom. The molecule has 0 bridgehead atoms. The van der Waals surface area contributed by atoms with Crippen molar-refractivity contribution in [1.29, 1.82) is 0 Å². The minimum atomic E-state index is -0.871. The van der Waals surface area contributed by atoms with Crippen LogP contribution in [0.3, 0.4) is 0 Å². The Labute approximate surface area is 174 Å². The fourth-order valence-corrected chi connectivity index (χ4v) is 4.20. The zero-order valence-corrected chi connectivity index (χ0v) is 18.0. The van der Waals surface area contributed by atoms with Crippen molar-refractivity contribution in [2.24, 2.45) is 5.18 Å². The van der Waals surface area contributed by atoms with Crippen LogP contribution in [0.2, 0.25) is 0 Å². The molecule has 1 saturated heterocycles. The molecule has 4 heteroatoms. The summed E-state index contributed by atoms with van der Waals surface area (Å²) in [6.07, 6.45) is 6.39. The van der Waals surface area contributed by atoms with Crippen molar-refractivity contribution < 1.29 is 0 Å². The van der Waals surface area contributed by atoms with Gasteiger partial charge in [-0.3, -0.25) is 9.88 Å². The van der Waals surface area contributed by atoms with E-state index in [1.807, 2.05) is 25.1 Å². The fraction of sp³-hybridized carbons (Fsp3) is 0.400. The van der Waals surface area contributed by atoms with E-state index in [0.717, 1.165) is 41.9 Å². The van der Waals surface area contributed by atoms with Crippen LogP contribution in [0.5, 0.6) is 0 Å². The summed E-state index contributed by atoms with van der Waals surface area (Å²) in [6.45, 7) is 13.9. The average Bonchev–Trinajstić information content (AvgIpc) is 2.74. The predicted octanol–water partition coefficient (Wildman–Crippen LogP) is 5.93. The van der Waals surface area contributed by atoms with Gasteiger partial charge in [-0.1, -0.05) is 56.8 Å². The molecule has 2 heterocycles. The Balaban J connectivity index is 1.93. The molecular formula is C25H31N3O. The molecule has 0 N–H and O–H groups in total. The van der Waals surface area contributed by atoms with Crippen molar-refractivity contribution in [2.45, 2.75) is 59.2 Å². The Kier molecular flexibility index (Phi) is 6.43. The molecule has 0 saturated carbocycles. The maximum Gasteiger partial charge on any atom is 0.199 e. The molecule has 152 valence electrons. The highest BCUT2D eigenvalue weighted by Gasteiger charge is 2.49. The Hall–Kier alpha value is -2.59. The number of allylic oxidation sites excluding steroid dienone is 3. The molecule has 3 rings (SSSR count). The van der Waals surface area contributed by atoms with Crippen molar-refractivity contribution in [1.82, 2.24) is 9.88 Å². The number of likely N-dealkylation sites (tertiary alicyclic amines) is 1. The molecule has 0 spiro atoms. The first kappa shape index (κ1) is 21.1. The van der Waals surface area contributed by atoms with E-state index in [9.17, 15) is 4.91 Å². The standard InChI is InChI=1S/C25H31N3O/c1-6-20(7-2)22-12-13-24(26-23(22)9-4)25(27-29)14-15-28(25)17-19-11-10-18(5)21(8-3)16-19/h6-7,10-13,16H,1,8-9,14-15,17H2,2-5H3/b20-7+. The van der Waals surface area contributed by atoms with Gasteiger partial charge in [-0.15, -0.1) is 4.91 Å². The minimum Gasteiger partial charge on any atom is -0.267 e. The SMILES string of the molecule is C=C/C(=C\C)c1ccc(C2(N=O)CCN2Cc2ccc(C)c(CC)c2)nc1CC. The molecule has 0 amide bonds. The van der Waals surface area contributed by atoms with Gasteiger partial charge in [-0.05, 0) is 60.2 Å². The summed E-state index contributed by atoms with van der Waals surface area (Å²) in [5, 5.41) is 3.60. The summed E-state index contributed by atoms with van der Waals surface area (Å²) in [6, 6.07) is 10.6. The van der Waals surface area contributed by atoms with Gasteiger partial charge in [0.05, 0.1) is 5.69 Å². The number of hydrogen-bond acceptors (Lipinski definition) is 4. The van der Waals surface area contributed by atoms with Crippen molar-refractivity contribution in [3.63, 3.8) is 0 Å². The molecule has 1 atom stereocenters. The van der Waals surface area contributed by atoms with Gasteiger partial charge in [0.25, 0.3) is 0 Å². The molecule has 0 radical (unpaired) electrons. The fourth-order valence-electron chi connectivity index (χ4n) is 4.20. The maximum absolute atomic E-state index is 12.1. The number of nitroso groups, excluding NO2 is 1. The van der Waals surface area contributed by atoms with Crippen LogP contribution in [0.15, 0.2) is 54.2 Å². The van der Waals surface area contributed by atoms with E-state index in [1.165, 1.54) is 16.7 Å². The first-order valence-corrected chi connectivity index (χ1v) is 10.5. The topological polar surface area (TPSA) is 45.6 Å². The van der Waals surface area contributed by atoms with Crippen LogP contribution >= 0.6 is 0 Å². The zero-order valence-electron chi connectivity index (χ0n) is 18.0. The van der Waals surface area contributed by atoms with Gasteiger partial charge in [-0.2, -0.15) is 0 Å². The molecule has 29 heavy (non-hydrogen) atoms. The molecule has 4 nitrogen and oxygen atoms in total. The van der Waals surface area contributed by atoms with E-state index in [-0.39, 0.29) is 0 Å². The highest BCUT2D eigenvalue weighted by molar-refractivity contribution is 5.74. The Bertz CT molecular complexity index is 947. The minimum absolute atomic E-state index is 0.705. The lowest BCUT2D eigenvalue weighted by Gasteiger charge is -2.47. The van der Waals surface area contributed by atoms with E-state index in [4.69, 9.17) is 4.98 Å². The van der Waals surface area contributed by atoms with Crippen LogP contribution in [0.1, 0.15) is 60.8 Å². The molecule has 1 aliphatic heterocycles. The number of rotatable bonds is 8. The number of nitrogens with zero attached hydrogens (tertiary/aromatic N) is 3. The molecule has 2 aromatic rings. The lowest BCUT2D eigenvalue weighted by atomic mass is 9.88. The normalized spacial score (nSPS) is 19.7. The van der Waals surface area contributed by atoms with Gasteiger partial charge in [0.2, 0.25) is 0 Å². The predicted molar refractivity (Wildman–Crippen MR) is 121 cm³/mol. The number of aromatic nitrogens is 1. The Morgan fingerprint density at radius 3 is 2.62 bits per heavy atom. The third-order valence-corrected chi connectivity index (χ3v) is 6.13. The quantitative estimate of drug-likeness (QED) is 0.415. The number of benzene rings is 1. The van der Waals surface area contributed by atoms with Gasteiger partial charge < -0.3 is 0 Å². The van der Waals surface area contributed by atoms with Gasteiger partial charge in [0, 0.05) is 30.8 Å². The summed E-state index contributed by atoms with van der Waals surface area (Å²) in [4.78, 5) is 19.1. The van der Waals surface area contributed by atoms with E-state index in [2.05, 4.69) is 61.7 Å². The second kappa shape index (κ2) is 8.83. The second-order valence-corrected chi connectivity index (χ2v) is 7.69. The van der Waals surface area contributed by atoms with Crippen LogP contribution in [-0.4, -0.2) is 16.4 Å². The number of hydrogen-bond donors (Lipinski definition) is 0. The molecule has 1 aliphatic rings. The first-order chi connectivity index (χ1) is 14.0. The largest absolute Gasteiger partial charge is 0.267 e. The summed E-state index contributed by atoms with van der Waals surface area (Å²) >= 11 is 0. The molecule has 1 fully saturated rings. The van der Waals surface area contributed by atoms with Gasteiger partial charge >= 0.3 is 0 Å². The summed E-state index contributed by atoms with van der Waals surface area (Å²) < 4.78 is 0. The highest BCUT2D eigenvalue weighted by atomic mass is 16.3. The lowest BCUT2D eigenvalue weighted by Crippen LogP contribution is -2.55. The monoisotopic (exact) mass is 389 g/mol. The Morgan fingerprint density at radius 2 is 2.07 bits per heavy atom. The first-order valence-electron chi connectivity index (χ1n) is 10.5. The smallest absolute Gasteiger partial charge is 0.199 e. The zero-order chi connectivity index (χ0) is 21.0. The molecule has 1 aromatic heterocycles. The van der Waals surface area contributed by atoms with Gasteiger partial charge in [-0.25, -0.2) is 0 Å². The van der Waals surface area contributed by atoms with Crippen molar-refractivity contribution in [3.8, 4) is 0 Å². The van der Waals surface area contributed by atoms with Crippen LogP contribution in [0, 0.1) is 11.8 Å². The van der Waals surface area contributed by atoms with Crippen molar-refractivity contribution >= 4 is 5.57 Å². The molecule has 1 unspecified atom stereocenters. The van der Waals surface area contributed by atoms with Gasteiger partial charge in [0.15, 0.2) is 5.66 Å². The number of aryl methyl sites for hydroxylation is 3. The summed E-state index contributed by atoms with van der Waals surface area (Å²) in [7, 11) is 0. The lowest BCUT2D eigenvalue weighted by molar-refractivity contribution is -0.0249. The molecule has 1 aromatic carbocycles. The summed E-state index contributed by atoms with van der Waals surface area (Å²) in [5.41, 5.74) is 6.88. The van der Waals surface area contributed by atoms with Crippen molar-refractivity contribution in [2.75, 3.05) is 6.54 Å². The third-order valence-electron chi connectivity index (χ3n) is 6.13. The summed E-state index contributed by atoms with van der Waals surface area (Å²) in [5.74, 6) is 0. The van der Waals surface area contributed by atoms with E-state index in [1.54, 1.807) is 0 Å². The maximum atomic E-state index is 12.1. The van der Waals surface area contributed by atoms with Crippen LogP contribution in [0.4, 0.5) is 0 Å². The van der Waals surface area contributed by atoms with E-state index >= 15 is 0 Å². The van der Waals surface area contributed by atoms with Crippen LogP contribution in [0.25, 0.3) is 5.57 Å². The van der Waals surface area contributed by atoms with E-state index < -0.39 is 5.66 Å². The van der Waals surface area contributed by atoms with E-state index in [0.29, 0.717) is 13.0 Å². The molecular weight excluding hydrogens is 358 g/mol. The number of pyridine rings is 1. The molecule has 0 aliphatic carbocycles. The highest BCUT2D eigenvalue weighted by Crippen LogP contribution is 2.42. The van der Waals surface area contributed by atoms with Crippen LogP contribution in [-0.2, 0) is 25.0 Å².